The van der Waals surface area contributed by atoms with Crippen LogP contribution in [0.1, 0.15) is 51.9 Å². The third-order valence-electron chi connectivity index (χ3n) is 2.29. The highest BCUT2D eigenvalue weighted by Crippen LogP contribution is 2.00. The summed E-state index contributed by atoms with van der Waals surface area (Å²) >= 11 is 3.31. The van der Waals surface area contributed by atoms with Gasteiger partial charge in [-0.05, 0) is 19.3 Å². The minimum atomic E-state index is -0.621. The Hall–Kier alpha value is -0.690. The smallest absolute Gasteiger partial charge is 0.434 e. The molecule has 0 amide bonds. The molecule has 0 aromatic heterocycles. The molecule has 0 N–H and O–H groups in total. The predicted molar refractivity (Wildman–Crippen MR) is 76.9 cm³/mol. The van der Waals surface area contributed by atoms with Gasteiger partial charge in [-0.3, -0.25) is 0 Å². The van der Waals surface area contributed by atoms with Crippen molar-refractivity contribution in [1.29, 1.82) is 0 Å². The molecule has 0 spiro atoms. The number of halogens is 1. The lowest BCUT2D eigenvalue weighted by atomic mass is 10.2. The maximum Gasteiger partial charge on any atom is 0.509 e. The Kier molecular flexibility index (Phi) is 13.8. The van der Waals surface area contributed by atoms with E-state index in [1.54, 1.807) is 0 Å². The number of unbranched alkanes of at least 4 members (excludes halogenated alkanes) is 5. The van der Waals surface area contributed by atoms with Crippen LogP contribution in [0.15, 0.2) is 0 Å². The van der Waals surface area contributed by atoms with E-state index in [2.05, 4.69) is 34.7 Å². The molecule has 0 unspecified atom stereocenters. The van der Waals surface area contributed by atoms with Crippen LogP contribution in [-0.2, 0) is 9.47 Å². The summed E-state index contributed by atoms with van der Waals surface area (Å²) in [5.74, 6) is 5.80. The van der Waals surface area contributed by atoms with Crippen LogP contribution >= 0.6 is 15.9 Å². The summed E-state index contributed by atoms with van der Waals surface area (Å²) in [6.45, 7) is 2.73. The van der Waals surface area contributed by atoms with Crippen LogP contribution in [0.2, 0.25) is 0 Å². The minimum absolute atomic E-state index is 0.130. The molecule has 0 heterocycles. The van der Waals surface area contributed by atoms with Crippen molar-refractivity contribution in [3.8, 4) is 11.8 Å². The fourth-order valence-electron chi connectivity index (χ4n) is 1.27. The second-order valence-electron chi connectivity index (χ2n) is 3.95. The molecular formula is C14H23BrO3. The molecule has 0 saturated carbocycles. The normalized spacial score (nSPS) is 9.44. The van der Waals surface area contributed by atoms with E-state index < -0.39 is 6.16 Å². The van der Waals surface area contributed by atoms with Crippen molar-refractivity contribution in [2.45, 2.75) is 51.9 Å². The molecule has 0 fully saturated rings. The number of rotatable bonds is 9. The summed E-state index contributed by atoms with van der Waals surface area (Å²) in [5.41, 5.74) is 0. The number of hydrogen-bond acceptors (Lipinski definition) is 3. The first-order valence-electron chi connectivity index (χ1n) is 6.62. The van der Waals surface area contributed by atoms with Crippen LogP contribution in [0.25, 0.3) is 0 Å². The van der Waals surface area contributed by atoms with Gasteiger partial charge >= 0.3 is 6.16 Å². The maximum absolute atomic E-state index is 11.1. The molecule has 104 valence electrons. The Balaban J connectivity index is 3.31. The van der Waals surface area contributed by atoms with E-state index in [1.165, 1.54) is 19.3 Å². The zero-order chi connectivity index (χ0) is 13.5. The first-order chi connectivity index (χ1) is 8.81. The van der Waals surface area contributed by atoms with Crippen molar-refractivity contribution >= 4 is 22.1 Å². The third-order valence-corrected chi connectivity index (χ3v) is 2.85. The molecule has 0 atom stereocenters. The van der Waals surface area contributed by atoms with E-state index in [-0.39, 0.29) is 6.61 Å². The standard InChI is InChI=1S/C14H23BrO3/c1-2-3-4-5-6-7-9-12-17-14(16)18-13-10-8-11-15/h2-6,8,10-13H2,1H3. The average Bonchev–Trinajstić information content (AvgIpc) is 2.38. The summed E-state index contributed by atoms with van der Waals surface area (Å²) in [5, 5.41) is 0.926. The zero-order valence-corrected chi connectivity index (χ0v) is 12.8. The summed E-state index contributed by atoms with van der Waals surface area (Å²) < 4.78 is 9.66. The largest absolute Gasteiger partial charge is 0.509 e. The highest BCUT2D eigenvalue weighted by atomic mass is 79.9. The van der Waals surface area contributed by atoms with Gasteiger partial charge in [-0.15, -0.1) is 0 Å². The molecule has 0 radical (unpaired) electrons. The van der Waals surface area contributed by atoms with E-state index in [0.717, 1.165) is 31.0 Å². The van der Waals surface area contributed by atoms with Gasteiger partial charge in [0, 0.05) is 11.8 Å². The second-order valence-corrected chi connectivity index (χ2v) is 4.74. The van der Waals surface area contributed by atoms with Gasteiger partial charge in [-0.25, -0.2) is 4.79 Å². The minimum Gasteiger partial charge on any atom is -0.434 e. The summed E-state index contributed by atoms with van der Waals surface area (Å²) in [7, 11) is 0. The van der Waals surface area contributed by atoms with Gasteiger partial charge in [0.1, 0.15) is 0 Å². The third kappa shape index (κ3) is 13.4. The van der Waals surface area contributed by atoms with E-state index in [4.69, 9.17) is 9.47 Å². The lowest BCUT2D eigenvalue weighted by Crippen LogP contribution is -2.08. The highest BCUT2D eigenvalue weighted by Gasteiger charge is 2.00. The van der Waals surface area contributed by atoms with Crippen molar-refractivity contribution in [3.05, 3.63) is 0 Å². The van der Waals surface area contributed by atoms with Crippen LogP contribution in [0, 0.1) is 11.8 Å². The van der Waals surface area contributed by atoms with E-state index >= 15 is 0 Å². The van der Waals surface area contributed by atoms with Gasteiger partial charge in [-0.2, -0.15) is 0 Å². The molecule has 18 heavy (non-hydrogen) atoms. The number of carbonyl (C=O) groups is 1. The monoisotopic (exact) mass is 318 g/mol. The van der Waals surface area contributed by atoms with E-state index in [0.29, 0.717) is 6.61 Å². The fraction of sp³-hybridized carbons (Fsp3) is 0.786. The van der Waals surface area contributed by atoms with Gasteiger partial charge in [0.15, 0.2) is 6.61 Å². The van der Waals surface area contributed by atoms with Gasteiger partial charge in [0.05, 0.1) is 6.61 Å². The topological polar surface area (TPSA) is 35.5 Å². The van der Waals surface area contributed by atoms with Gasteiger partial charge in [-0.1, -0.05) is 54.0 Å². The van der Waals surface area contributed by atoms with Crippen molar-refractivity contribution in [1.82, 2.24) is 0 Å². The molecule has 0 aliphatic carbocycles. The SMILES string of the molecule is CCCCCCC#CCOC(=O)OCCCCBr. The maximum atomic E-state index is 11.1. The number of alkyl halides is 1. The van der Waals surface area contributed by atoms with Crippen LogP contribution < -0.4 is 0 Å². The number of hydrogen-bond donors (Lipinski definition) is 0. The zero-order valence-electron chi connectivity index (χ0n) is 11.2. The van der Waals surface area contributed by atoms with Gasteiger partial charge in [0.25, 0.3) is 0 Å². The quantitative estimate of drug-likeness (QED) is 0.275. The fourth-order valence-corrected chi connectivity index (χ4v) is 1.66. The van der Waals surface area contributed by atoms with Crippen LogP contribution in [-0.4, -0.2) is 24.7 Å². The lowest BCUT2D eigenvalue weighted by molar-refractivity contribution is 0.0637. The molecule has 3 nitrogen and oxygen atoms in total. The molecule has 0 aromatic carbocycles. The molecule has 0 bridgehead atoms. The first-order valence-corrected chi connectivity index (χ1v) is 7.74. The highest BCUT2D eigenvalue weighted by molar-refractivity contribution is 9.09. The Labute approximate surface area is 119 Å². The Bertz CT molecular complexity index is 256. The molecule has 0 aliphatic rings. The summed E-state index contributed by atoms with van der Waals surface area (Å²) in [4.78, 5) is 11.1. The summed E-state index contributed by atoms with van der Waals surface area (Å²) in [6.07, 6.45) is 6.94. The number of carbonyl (C=O) groups excluding carboxylic acids is 1. The Morgan fingerprint density at radius 3 is 2.61 bits per heavy atom. The summed E-state index contributed by atoms with van der Waals surface area (Å²) in [6, 6.07) is 0. The van der Waals surface area contributed by atoms with Crippen molar-refractivity contribution in [2.24, 2.45) is 0 Å². The molecule has 0 saturated heterocycles. The second kappa shape index (κ2) is 14.4. The molecule has 0 rings (SSSR count). The van der Waals surface area contributed by atoms with E-state index in [9.17, 15) is 4.79 Å². The van der Waals surface area contributed by atoms with Crippen LogP contribution in [0.5, 0.6) is 0 Å². The molecular weight excluding hydrogens is 296 g/mol. The van der Waals surface area contributed by atoms with Gasteiger partial charge < -0.3 is 9.47 Å². The Morgan fingerprint density at radius 1 is 1.06 bits per heavy atom. The predicted octanol–water partition coefficient (Wildman–Crippen LogP) is 4.29. The van der Waals surface area contributed by atoms with Crippen molar-refractivity contribution in [2.75, 3.05) is 18.5 Å². The molecule has 0 aliphatic heterocycles. The Morgan fingerprint density at radius 2 is 1.89 bits per heavy atom. The first kappa shape index (κ1) is 17.3. The lowest BCUT2D eigenvalue weighted by Gasteiger charge is -2.02. The molecule has 0 aromatic rings. The van der Waals surface area contributed by atoms with Crippen LogP contribution in [0.4, 0.5) is 4.79 Å². The van der Waals surface area contributed by atoms with E-state index in [1.807, 2.05) is 0 Å². The number of ether oxygens (including phenoxy) is 2. The van der Waals surface area contributed by atoms with Crippen LogP contribution in [0.3, 0.4) is 0 Å². The van der Waals surface area contributed by atoms with Crippen molar-refractivity contribution in [3.63, 3.8) is 0 Å². The van der Waals surface area contributed by atoms with Crippen molar-refractivity contribution < 1.29 is 14.3 Å². The molecule has 4 heteroatoms. The van der Waals surface area contributed by atoms with Gasteiger partial charge in [0.2, 0.25) is 0 Å². The average molecular weight is 319 g/mol.